The van der Waals surface area contributed by atoms with Crippen LogP contribution in [0.25, 0.3) is 0 Å². The average molecular weight is 476 g/mol. The second-order valence-electron chi connectivity index (χ2n) is 8.35. The van der Waals surface area contributed by atoms with E-state index in [1.807, 2.05) is 24.3 Å². The fourth-order valence-corrected chi connectivity index (χ4v) is 3.60. The van der Waals surface area contributed by atoms with E-state index >= 15 is 0 Å². The smallest absolute Gasteiger partial charge is 0.340 e. The molecular formula is C27H41NO6. The maximum Gasteiger partial charge on any atom is 0.340 e. The van der Waals surface area contributed by atoms with Crippen LogP contribution in [0.2, 0.25) is 0 Å². The summed E-state index contributed by atoms with van der Waals surface area (Å²) in [6.45, 7) is 5.65. The number of carbonyl (C=O) groups excluding carboxylic acids is 4. The Balaban J connectivity index is 2.39. The second kappa shape index (κ2) is 17.7. The molecule has 1 N–H and O–H groups in total. The zero-order chi connectivity index (χ0) is 25.2. The molecule has 0 aliphatic heterocycles. The standard InChI is InChI=1S/C27H41NO6/c1-4-7-8-9-10-11-12-15-23(29)22-19-17-21(18-20-22)14-13-16-24(30)28-25(26(31)33-5-2)27(32)34-6-3/h17-20,25H,4-16H2,1-3H3,(H,28,30). The summed E-state index contributed by atoms with van der Waals surface area (Å²) in [5.74, 6) is -1.91. The van der Waals surface area contributed by atoms with E-state index in [4.69, 9.17) is 9.47 Å². The number of Topliss-reactive ketones (excluding diaryl/α,β-unsaturated/α-hetero) is 1. The number of hydrogen-bond acceptors (Lipinski definition) is 6. The van der Waals surface area contributed by atoms with Crippen molar-refractivity contribution in [3.05, 3.63) is 35.4 Å². The van der Waals surface area contributed by atoms with Gasteiger partial charge >= 0.3 is 11.9 Å². The third kappa shape index (κ3) is 12.0. The van der Waals surface area contributed by atoms with Gasteiger partial charge in [-0.05, 0) is 38.7 Å². The van der Waals surface area contributed by atoms with Gasteiger partial charge in [0.15, 0.2) is 5.78 Å². The maximum atomic E-state index is 12.4. The lowest BCUT2D eigenvalue weighted by Gasteiger charge is -2.15. The molecule has 0 fully saturated rings. The third-order valence-corrected chi connectivity index (χ3v) is 5.50. The molecule has 0 heterocycles. The van der Waals surface area contributed by atoms with Gasteiger partial charge in [0.1, 0.15) is 0 Å². The van der Waals surface area contributed by atoms with E-state index in [0.29, 0.717) is 19.3 Å². The molecule has 7 heteroatoms. The minimum absolute atomic E-state index is 0.0994. The van der Waals surface area contributed by atoms with Crippen LogP contribution in [0.3, 0.4) is 0 Å². The first kappa shape index (κ1) is 29.3. The Morgan fingerprint density at radius 3 is 1.85 bits per heavy atom. The molecule has 1 amide bonds. The van der Waals surface area contributed by atoms with Crippen molar-refractivity contribution in [1.29, 1.82) is 0 Å². The minimum Gasteiger partial charge on any atom is -0.464 e. The fraction of sp³-hybridized carbons (Fsp3) is 0.630. The van der Waals surface area contributed by atoms with E-state index in [0.717, 1.165) is 24.0 Å². The summed E-state index contributed by atoms with van der Waals surface area (Å²) in [5, 5.41) is 2.40. The molecule has 0 saturated carbocycles. The number of hydrogen-bond donors (Lipinski definition) is 1. The lowest BCUT2D eigenvalue weighted by Crippen LogP contribution is -2.48. The number of ether oxygens (including phenoxy) is 2. The van der Waals surface area contributed by atoms with Gasteiger partial charge in [-0.1, -0.05) is 69.7 Å². The van der Waals surface area contributed by atoms with E-state index in [1.165, 1.54) is 32.1 Å². The molecule has 34 heavy (non-hydrogen) atoms. The minimum atomic E-state index is -1.45. The first-order chi connectivity index (χ1) is 16.4. The van der Waals surface area contributed by atoms with Crippen molar-refractivity contribution in [3.8, 4) is 0 Å². The number of nitrogens with one attached hydrogen (secondary N) is 1. The summed E-state index contributed by atoms with van der Waals surface area (Å²) in [6.07, 6.45) is 10.2. The Labute approximate surface area is 204 Å². The highest BCUT2D eigenvalue weighted by Crippen LogP contribution is 2.13. The number of benzene rings is 1. The Morgan fingerprint density at radius 2 is 1.29 bits per heavy atom. The van der Waals surface area contributed by atoms with E-state index in [-0.39, 0.29) is 25.4 Å². The van der Waals surface area contributed by atoms with Gasteiger partial charge in [-0.25, -0.2) is 9.59 Å². The topological polar surface area (TPSA) is 98.8 Å². The van der Waals surface area contributed by atoms with E-state index in [2.05, 4.69) is 12.2 Å². The van der Waals surface area contributed by atoms with Gasteiger partial charge in [0, 0.05) is 18.4 Å². The largest absolute Gasteiger partial charge is 0.464 e. The summed E-state index contributed by atoms with van der Waals surface area (Å²) >= 11 is 0. The van der Waals surface area contributed by atoms with Crippen LogP contribution in [-0.4, -0.2) is 42.9 Å². The van der Waals surface area contributed by atoms with Crippen LogP contribution in [0.5, 0.6) is 0 Å². The molecule has 0 spiro atoms. The van der Waals surface area contributed by atoms with Crippen LogP contribution in [0.4, 0.5) is 0 Å². The van der Waals surface area contributed by atoms with Crippen molar-refractivity contribution in [3.63, 3.8) is 0 Å². The summed E-state index contributed by atoms with van der Waals surface area (Å²) in [4.78, 5) is 48.5. The first-order valence-corrected chi connectivity index (χ1v) is 12.7. The number of unbranched alkanes of at least 4 members (excludes halogenated alkanes) is 6. The highest BCUT2D eigenvalue weighted by Gasteiger charge is 2.30. The predicted octanol–water partition coefficient (Wildman–Crippen LogP) is 4.94. The number of amides is 1. The van der Waals surface area contributed by atoms with Crippen LogP contribution in [0.15, 0.2) is 24.3 Å². The van der Waals surface area contributed by atoms with Crippen molar-refractivity contribution >= 4 is 23.6 Å². The van der Waals surface area contributed by atoms with Gasteiger partial charge in [-0.15, -0.1) is 0 Å². The number of ketones is 1. The molecule has 7 nitrogen and oxygen atoms in total. The first-order valence-electron chi connectivity index (χ1n) is 12.7. The van der Waals surface area contributed by atoms with E-state index in [9.17, 15) is 19.2 Å². The quantitative estimate of drug-likeness (QED) is 0.140. The molecule has 0 atom stereocenters. The summed E-state index contributed by atoms with van der Waals surface area (Å²) in [5.41, 5.74) is 1.74. The number of aryl methyl sites for hydroxylation is 1. The normalized spacial score (nSPS) is 10.7. The molecule has 0 unspecified atom stereocenters. The molecule has 1 aromatic rings. The highest BCUT2D eigenvalue weighted by molar-refractivity contribution is 6.02. The molecular weight excluding hydrogens is 434 g/mol. The third-order valence-electron chi connectivity index (χ3n) is 5.50. The van der Waals surface area contributed by atoms with Crippen molar-refractivity contribution in [2.75, 3.05) is 13.2 Å². The highest BCUT2D eigenvalue weighted by atomic mass is 16.6. The monoisotopic (exact) mass is 475 g/mol. The van der Waals surface area contributed by atoms with Crippen LogP contribution >= 0.6 is 0 Å². The van der Waals surface area contributed by atoms with Crippen molar-refractivity contribution in [1.82, 2.24) is 5.32 Å². The number of carbonyl (C=O) groups is 4. The number of rotatable bonds is 18. The van der Waals surface area contributed by atoms with Gasteiger partial charge in [-0.2, -0.15) is 0 Å². The summed E-state index contributed by atoms with van der Waals surface area (Å²) in [6, 6.07) is 6.06. The molecule has 0 radical (unpaired) electrons. The maximum absolute atomic E-state index is 12.4. The lowest BCUT2D eigenvalue weighted by molar-refractivity contribution is -0.159. The van der Waals surface area contributed by atoms with Crippen LogP contribution in [-0.2, 0) is 30.3 Å². The van der Waals surface area contributed by atoms with Crippen LogP contribution < -0.4 is 5.32 Å². The van der Waals surface area contributed by atoms with Gasteiger partial charge < -0.3 is 14.8 Å². The zero-order valence-corrected chi connectivity index (χ0v) is 21.0. The SMILES string of the molecule is CCCCCCCCCC(=O)c1ccc(CCCC(=O)NC(C(=O)OCC)C(=O)OCC)cc1. The Kier molecular flexibility index (Phi) is 15.3. The molecule has 1 rings (SSSR count). The predicted molar refractivity (Wildman–Crippen MR) is 132 cm³/mol. The van der Waals surface area contributed by atoms with Crippen LogP contribution in [0.1, 0.15) is 101 Å². The van der Waals surface area contributed by atoms with Crippen LogP contribution in [0, 0.1) is 0 Å². The molecule has 190 valence electrons. The van der Waals surface area contributed by atoms with Gasteiger partial charge in [0.25, 0.3) is 0 Å². The van der Waals surface area contributed by atoms with E-state index in [1.54, 1.807) is 13.8 Å². The Morgan fingerprint density at radius 1 is 0.735 bits per heavy atom. The molecule has 0 aliphatic carbocycles. The fourth-order valence-electron chi connectivity index (χ4n) is 3.60. The van der Waals surface area contributed by atoms with Crippen molar-refractivity contribution in [2.24, 2.45) is 0 Å². The lowest BCUT2D eigenvalue weighted by atomic mass is 10.0. The van der Waals surface area contributed by atoms with Gasteiger partial charge in [-0.3, -0.25) is 9.59 Å². The molecule has 0 aliphatic rings. The van der Waals surface area contributed by atoms with Gasteiger partial charge in [0.05, 0.1) is 13.2 Å². The molecule has 0 bridgehead atoms. The molecule has 0 saturated heterocycles. The van der Waals surface area contributed by atoms with Crippen molar-refractivity contribution in [2.45, 2.75) is 97.4 Å². The summed E-state index contributed by atoms with van der Waals surface area (Å²) in [7, 11) is 0. The number of esters is 2. The average Bonchev–Trinajstić information content (AvgIpc) is 2.82. The van der Waals surface area contributed by atoms with Gasteiger partial charge in [0.2, 0.25) is 11.9 Å². The Bertz CT molecular complexity index is 741. The molecule has 0 aromatic heterocycles. The molecule has 1 aromatic carbocycles. The zero-order valence-electron chi connectivity index (χ0n) is 21.0. The van der Waals surface area contributed by atoms with Crippen molar-refractivity contribution < 1.29 is 28.7 Å². The van der Waals surface area contributed by atoms with E-state index < -0.39 is 23.9 Å². The Hall–Kier alpha value is -2.70. The second-order valence-corrected chi connectivity index (χ2v) is 8.35. The summed E-state index contributed by atoms with van der Waals surface area (Å²) < 4.78 is 9.69.